The summed E-state index contributed by atoms with van der Waals surface area (Å²) >= 11 is 5.89. The summed E-state index contributed by atoms with van der Waals surface area (Å²) in [5, 5.41) is 9.39. The number of ether oxygens (including phenoxy) is 1. The van der Waals surface area contributed by atoms with Crippen molar-refractivity contribution in [1.29, 1.82) is 5.26 Å². The summed E-state index contributed by atoms with van der Waals surface area (Å²) in [7, 11) is 1.77. The van der Waals surface area contributed by atoms with Crippen molar-refractivity contribution in [1.82, 2.24) is 4.90 Å². The van der Waals surface area contributed by atoms with E-state index in [2.05, 4.69) is 6.07 Å². The van der Waals surface area contributed by atoms with Gasteiger partial charge in [-0.15, -0.1) is 0 Å². The third-order valence-electron chi connectivity index (χ3n) is 3.63. The highest BCUT2D eigenvalue weighted by atomic mass is 35.5. The van der Waals surface area contributed by atoms with Crippen LogP contribution in [0.1, 0.15) is 17.5 Å². The number of aryl methyl sites for hydroxylation is 1. The number of carbonyl (C=O) groups is 1. The number of halogens is 1. The number of amides is 1. The lowest BCUT2D eigenvalue weighted by Crippen LogP contribution is -2.31. The molecule has 0 spiro atoms. The molecule has 1 amide bonds. The van der Waals surface area contributed by atoms with Crippen molar-refractivity contribution in [2.45, 2.75) is 12.8 Å². The fourth-order valence-corrected chi connectivity index (χ4v) is 2.35. The molecule has 0 atom stereocenters. The van der Waals surface area contributed by atoms with E-state index in [0.29, 0.717) is 42.3 Å². The smallest absolute Gasteiger partial charge is 0.222 e. The van der Waals surface area contributed by atoms with Crippen molar-refractivity contribution in [2.24, 2.45) is 0 Å². The maximum absolute atomic E-state index is 12.1. The quantitative estimate of drug-likeness (QED) is 0.771. The summed E-state index contributed by atoms with van der Waals surface area (Å²) in [6.45, 7) is 0.929. The minimum Gasteiger partial charge on any atom is -0.492 e. The molecule has 0 N–H and O–H groups in total. The Labute approximate surface area is 147 Å². The Balaban J connectivity index is 1.72. The maximum atomic E-state index is 12.1. The fourth-order valence-electron chi connectivity index (χ4n) is 2.17. The van der Waals surface area contributed by atoms with E-state index in [1.807, 2.05) is 24.3 Å². The van der Waals surface area contributed by atoms with E-state index in [1.165, 1.54) is 0 Å². The van der Waals surface area contributed by atoms with Gasteiger partial charge in [-0.1, -0.05) is 29.8 Å². The minimum absolute atomic E-state index is 0.0639. The van der Waals surface area contributed by atoms with Gasteiger partial charge >= 0.3 is 0 Å². The molecule has 0 fully saturated rings. The first-order valence-corrected chi connectivity index (χ1v) is 8.07. The summed E-state index contributed by atoms with van der Waals surface area (Å²) in [5.74, 6) is 0.759. The van der Waals surface area contributed by atoms with E-state index in [-0.39, 0.29) is 5.91 Å². The summed E-state index contributed by atoms with van der Waals surface area (Å²) in [4.78, 5) is 13.8. The van der Waals surface area contributed by atoms with Crippen LogP contribution < -0.4 is 4.74 Å². The number of hydrogen-bond acceptors (Lipinski definition) is 3. The van der Waals surface area contributed by atoms with Gasteiger partial charge in [0.2, 0.25) is 5.91 Å². The highest BCUT2D eigenvalue weighted by Crippen LogP contribution is 2.17. The van der Waals surface area contributed by atoms with Crippen LogP contribution in [-0.2, 0) is 11.2 Å². The molecule has 2 aromatic carbocycles. The van der Waals surface area contributed by atoms with Crippen molar-refractivity contribution >= 4 is 17.5 Å². The molecule has 2 aromatic rings. The Kier molecular flexibility index (Phi) is 6.65. The van der Waals surface area contributed by atoms with Crippen LogP contribution in [0.5, 0.6) is 5.75 Å². The molecule has 0 aromatic heterocycles. The first-order valence-electron chi connectivity index (χ1n) is 7.70. The van der Waals surface area contributed by atoms with Crippen molar-refractivity contribution < 1.29 is 9.53 Å². The third kappa shape index (κ3) is 5.60. The Hall–Kier alpha value is -2.51. The average Bonchev–Trinajstić information content (AvgIpc) is 2.60. The van der Waals surface area contributed by atoms with Crippen LogP contribution in [0.25, 0.3) is 0 Å². The molecule has 24 heavy (non-hydrogen) atoms. The molecule has 0 aliphatic heterocycles. The van der Waals surface area contributed by atoms with Crippen LogP contribution in [0.3, 0.4) is 0 Å². The molecule has 0 aliphatic rings. The monoisotopic (exact) mass is 342 g/mol. The van der Waals surface area contributed by atoms with Gasteiger partial charge in [0.05, 0.1) is 18.2 Å². The SMILES string of the molecule is CN(CCOc1cccc(Cl)c1)C(=O)CCc1ccc(C#N)cc1. The van der Waals surface area contributed by atoms with Crippen molar-refractivity contribution in [2.75, 3.05) is 20.2 Å². The zero-order valence-corrected chi connectivity index (χ0v) is 14.3. The zero-order valence-electron chi connectivity index (χ0n) is 13.5. The largest absolute Gasteiger partial charge is 0.492 e. The summed E-state index contributed by atoms with van der Waals surface area (Å²) < 4.78 is 5.59. The number of nitriles is 1. The lowest BCUT2D eigenvalue weighted by Gasteiger charge is -2.17. The van der Waals surface area contributed by atoms with E-state index in [4.69, 9.17) is 21.6 Å². The molecular formula is C19H19ClN2O2. The predicted molar refractivity (Wildman–Crippen MR) is 94.1 cm³/mol. The van der Waals surface area contributed by atoms with Gasteiger partial charge in [0.1, 0.15) is 12.4 Å². The zero-order chi connectivity index (χ0) is 17.4. The van der Waals surface area contributed by atoms with Gasteiger partial charge in [-0.3, -0.25) is 4.79 Å². The van der Waals surface area contributed by atoms with Crippen molar-refractivity contribution in [3.8, 4) is 11.8 Å². The Bertz CT molecular complexity index is 723. The molecule has 5 heteroatoms. The molecular weight excluding hydrogens is 324 g/mol. The number of hydrogen-bond donors (Lipinski definition) is 0. The van der Waals surface area contributed by atoms with Gasteiger partial charge in [0.25, 0.3) is 0 Å². The highest BCUT2D eigenvalue weighted by molar-refractivity contribution is 6.30. The Morgan fingerprint density at radius 2 is 2.00 bits per heavy atom. The van der Waals surface area contributed by atoms with E-state index in [1.54, 1.807) is 36.2 Å². The molecule has 0 saturated heterocycles. The fraction of sp³-hybridized carbons (Fsp3) is 0.263. The number of likely N-dealkylation sites (N-methyl/N-ethyl adjacent to an activating group) is 1. The molecule has 4 nitrogen and oxygen atoms in total. The molecule has 0 saturated carbocycles. The van der Waals surface area contributed by atoms with Gasteiger partial charge in [-0.25, -0.2) is 0 Å². The maximum Gasteiger partial charge on any atom is 0.222 e. The molecule has 0 unspecified atom stereocenters. The lowest BCUT2D eigenvalue weighted by atomic mass is 10.1. The number of carbonyl (C=O) groups excluding carboxylic acids is 1. The third-order valence-corrected chi connectivity index (χ3v) is 3.86. The molecule has 0 aliphatic carbocycles. The number of benzene rings is 2. The van der Waals surface area contributed by atoms with E-state index >= 15 is 0 Å². The summed E-state index contributed by atoms with van der Waals surface area (Å²) in [6, 6.07) is 16.6. The van der Waals surface area contributed by atoms with Gasteiger partial charge in [0.15, 0.2) is 0 Å². The summed E-state index contributed by atoms with van der Waals surface area (Å²) in [6.07, 6.45) is 1.09. The van der Waals surface area contributed by atoms with Crippen LogP contribution in [-0.4, -0.2) is 31.0 Å². The lowest BCUT2D eigenvalue weighted by molar-refractivity contribution is -0.130. The van der Waals surface area contributed by atoms with Gasteiger partial charge in [0, 0.05) is 18.5 Å². The number of nitrogens with zero attached hydrogens (tertiary/aromatic N) is 2. The molecule has 2 rings (SSSR count). The predicted octanol–water partition coefficient (Wildman–Crippen LogP) is 3.68. The van der Waals surface area contributed by atoms with Crippen molar-refractivity contribution in [3.05, 3.63) is 64.7 Å². The van der Waals surface area contributed by atoms with Crippen LogP contribution in [0.15, 0.2) is 48.5 Å². The van der Waals surface area contributed by atoms with Crippen LogP contribution in [0, 0.1) is 11.3 Å². The first-order chi connectivity index (χ1) is 11.6. The van der Waals surface area contributed by atoms with E-state index in [9.17, 15) is 4.79 Å². The highest BCUT2D eigenvalue weighted by Gasteiger charge is 2.09. The second-order valence-corrected chi connectivity index (χ2v) is 5.87. The van der Waals surface area contributed by atoms with Gasteiger partial charge in [-0.05, 0) is 42.3 Å². The number of rotatable bonds is 7. The topological polar surface area (TPSA) is 53.3 Å². The first kappa shape index (κ1) is 17.8. The summed E-state index contributed by atoms with van der Waals surface area (Å²) in [5.41, 5.74) is 1.67. The van der Waals surface area contributed by atoms with Crippen LogP contribution in [0.2, 0.25) is 5.02 Å². The molecule has 0 bridgehead atoms. The Morgan fingerprint density at radius 3 is 2.67 bits per heavy atom. The minimum atomic E-state index is 0.0639. The van der Waals surface area contributed by atoms with Gasteiger partial charge < -0.3 is 9.64 Å². The van der Waals surface area contributed by atoms with E-state index in [0.717, 1.165) is 5.56 Å². The van der Waals surface area contributed by atoms with Crippen LogP contribution >= 0.6 is 11.6 Å². The standard InChI is InChI=1S/C19H19ClN2O2/c1-22(11-12-24-18-4-2-3-17(20)13-18)19(23)10-9-15-5-7-16(14-21)8-6-15/h2-8,13H,9-12H2,1H3. The average molecular weight is 343 g/mol. The molecule has 0 radical (unpaired) electrons. The normalized spacial score (nSPS) is 10.0. The second-order valence-electron chi connectivity index (χ2n) is 5.43. The molecule has 124 valence electrons. The van der Waals surface area contributed by atoms with Gasteiger partial charge in [-0.2, -0.15) is 5.26 Å². The second kappa shape index (κ2) is 8.95. The van der Waals surface area contributed by atoms with E-state index < -0.39 is 0 Å². The van der Waals surface area contributed by atoms with Crippen molar-refractivity contribution in [3.63, 3.8) is 0 Å². The molecule has 0 heterocycles. The van der Waals surface area contributed by atoms with Crippen LogP contribution in [0.4, 0.5) is 0 Å². The Morgan fingerprint density at radius 1 is 1.25 bits per heavy atom.